The van der Waals surface area contributed by atoms with Crippen molar-refractivity contribution >= 4 is 23.4 Å². The fourth-order valence-corrected chi connectivity index (χ4v) is 4.50. The van der Waals surface area contributed by atoms with E-state index in [0.29, 0.717) is 30.1 Å². The molecular formula is C24H30N6O2. The zero-order valence-electron chi connectivity index (χ0n) is 18.9. The number of likely N-dealkylation sites (tertiary alicyclic amines) is 1. The van der Waals surface area contributed by atoms with Gasteiger partial charge in [0.2, 0.25) is 0 Å². The monoisotopic (exact) mass is 434 g/mol. The SMILES string of the molecule is CCN1CCN(c2nc3c(C)cccn3c(=O)c2/C=C(\C#N)C(=O)N2CCCCC2)CC1. The molecule has 0 bridgehead atoms. The molecule has 0 atom stereocenters. The van der Waals surface area contributed by atoms with Crippen molar-refractivity contribution in [2.75, 3.05) is 50.7 Å². The number of likely N-dealkylation sites (N-methyl/N-ethyl adjacent to an activating group) is 1. The van der Waals surface area contributed by atoms with Crippen LogP contribution >= 0.6 is 0 Å². The van der Waals surface area contributed by atoms with Crippen LogP contribution < -0.4 is 10.5 Å². The van der Waals surface area contributed by atoms with Crippen LogP contribution in [0.2, 0.25) is 0 Å². The molecule has 168 valence electrons. The number of amides is 1. The van der Waals surface area contributed by atoms with E-state index in [4.69, 9.17) is 4.98 Å². The van der Waals surface area contributed by atoms with Crippen LogP contribution in [0, 0.1) is 18.3 Å². The van der Waals surface area contributed by atoms with Gasteiger partial charge in [0.05, 0.1) is 5.56 Å². The lowest BCUT2D eigenvalue weighted by atomic mass is 10.1. The first-order chi connectivity index (χ1) is 15.5. The summed E-state index contributed by atoms with van der Waals surface area (Å²) in [5.41, 5.74) is 1.54. The number of fused-ring (bicyclic) bond motifs is 1. The Bertz CT molecular complexity index is 1130. The number of hydrogen-bond donors (Lipinski definition) is 0. The first-order valence-corrected chi connectivity index (χ1v) is 11.4. The third-order valence-electron chi connectivity index (χ3n) is 6.47. The number of hydrogen-bond acceptors (Lipinski definition) is 6. The number of aromatic nitrogens is 2. The van der Waals surface area contributed by atoms with E-state index in [1.54, 1.807) is 11.1 Å². The summed E-state index contributed by atoms with van der Waals surface area (Å²) in [6, 6.07) is 5.78. The summed E-state index contributed by atoms with van der Waals surface area (Å²) in [6.45, 7) is 9.59. The topological polar surface area (TPSA) is 85.0 Å². The predicted octanol–water partition coefficient (Wildman–Crippen LogP) is 2.06. The molecule has 2 aromatic heterocycles. The van der Waals surface area contributed by atoms with E-state index in [9.17, 15) is 14.9 Å². The summed E-state index contributed by atoms with van der Waals surface area (Å²) in [5, 5.41) is 9.79. The van der Waals surface area contributed by atoms with Crippen LogP contribution in [0.1, 0.15) is 37.3 Å². The number of piperidine rings is 1. The number of piperazine rings is 1. The molecule has 0 spiro atoms. The van der Waals surface area contributed by atoms with Crippen LogP contribution in [0.4, 0.5) is 5.82 Å². The molecule has 1 amide bonds. The smallest absolute Gasteiger partial charge is 0.267 e. The van der Waals surface area contributed by atoms with Crippen LogP contribution in [-0.2, 0) is 4.79 Å². The summed E-state index contributed by atoms with van der Waals surface area (Å²) in [4.78, 5) is 37.6. The van der Waals surface area contributed by atoms with Gasteiger partial charge in [-0.3, -0.25) is 14.0 Å². The Kier molecular flexibility index (Phi) is 6.56. The lowest BCUT2D eigenvalue weighted by Gasteiger charge is -2.35. The summed E-state index contributed by atoms with van der Waals surface area (Å²) >= 11 is 0. The molecule has 8 nitrogen and oxygen atoms in total. The van der Waals surface area contributed by atoms with E-state index in [0.717, 1.165) is 57.5 Å². The van der Waals surface area contributed by atoms with Crippen LogP contribution in [-0.4, -0.2) is 70.9 Å². The standard InChI is InChI=1S/C24H30N6O2/c1-3-27-12-14-28(15-13-27)22-20(24(32)30-11-7-8-18(2)21(30)26-22)16-19(17-25)23(31)29-9-5-4-6-10-29/h7-8,11,16H,3-6,9-10,12-15H2,1-2H3/b19-16+. The third kappa shape index (κ3) is 4.26. The van der Waals surface area contributed by atoms with Crippen LogP contribution in [0.25, 0.3) is 11.7 Å². The highest BCUT2D eigenvalue weighted by Crippen LogP contribution is 2.23. The summed E-state index contributed by atoms with van der Waals surface area (Å²) in [7, 11) is 0. The van der Waals surface area contributed by atoms with E-state index >= 15 is 0 Å². The molecule has 32 heavy (non-hydrogen) atoms. The number of nitriles is 1. The molecule has 4 heterocycles. The van der Waals surface area contributed by atoms with Crippen molar-refractivity contribution in [1.82, 2.24) is 19.2 Å². The zero-order valence-corrected chi connectivity index (χ0v) is 18.9. The summed E-state index contributed by atoms with van der Waals surface area (Å²) < 4.78 is 1.51. The normalized spacial score (nSPS) is 18.1. The number of aryl methyl sites for hydroxylation is 1. The van der Waals surface area contributed by atoms with E-state index in [-0.39, 0.29) is 17.0 Å². The minimum Gasteiger partial charge on any atom is -0.353 e. The van der Waals surface area contributed by atoms with Gasteiger partial charge in [-0.05, 0) is 50.4 Å². The number of pyridine rings is 1. The van der Waals surface area contributed by atoms with E-state index in [2.05, 4.69) is 16.7 Å². The van der Waals surface area contributed by atoms with E-state index in [1.165, 1.54) is 10.5 Å². The first-order valence-electron chi connectivity index (χ1n) is 11.4. The Hall–Kier alpha value is -3.18. The molecule has 0 aliphatic carbocycles. The lowest BCUT2D eigenvalue weighted by molar-refractivity contribution is -0.127. The second-order valence-corrected chi connectivity index (χ2v) is 8.48. The molecule has 2 aliphatic rings. The van der Waals surface area contributed by atoms with E-state index in [1.807, 2.05) is 25.1 Å². The molecule has 0 unspecified atom stereocenters. The number of carbonyl (C=O) groups excluding carboxylic acids is 1. The Morgan fingerprint density at radius 2 is 1.88 bits per heavy atom. The van der Waals surface area contributed by atoms with Gasteiger partial charge in [0, 0.05) is 45.5 Å². The minimum atomic E-state index is -0.303. The maximum absolute atomic E-state index is 13.5. The van der Waals surface area contributed by atoms with Crippen molar-refractivity contribution in [3.63, 3.8) is 0 Å². The molecule has 0 aromatic carbocycles. The quantitative estimate of drug-likeness (QED) is 0.541. The lowest BCUT2D eigenvalue weighted by Crippen LogP contribution is -2.47. The Balaban J connectivity index is 1.82. The molecule has 0 N–H and O–H groups in total. The highest BCUT2D eigenvalue weighted by atomic mass is 16.2. The van der Waals surface area contributed by atoms with Crippen molar-refractivity contribution in [2.45, 2.75) is 33.1 Å². The Morgan fingerprint density at radius 1 is 1.16 bits per heavy atom. The fourth-order valence-electron chi connectivity index (χ4n) is 4.50. The van der Waals surface area contributed by atoms with Gasteiger partial charge in [0.1, 0.15) is 23.1 Å². The number of carbonyl (C=O) groups is 1. The summed E-state index contributed by atoms with van der Waals surface area (Å²) in [6.07, 6.45) is 6.13. The number of anilines is 1. The summed E-state index contributed by atoms with van der Waals surface area (Å²) in [5.74, 6) is 0.252. The molecule has 2 saturated heterocycles. The zero-order chi connectivity index (χ0) is 22.7. The van der Waals surface area contributed by atoms with Crippen molar-refractivity contribution in [1.29, 1.82) is 5.26 Å². The molecule has 0 radical (unpaired) electrons. The fraction of sp³-hybridized carbons (Fsp3) is 0.500. The third-order valence-corrected chi connectivity index (χ3v) is 6.47. The van der Waals surface area contributed by atoms with Crippen molar-refractivity contribution in [3.05, 3.63) is 45.4 Å². The average molecular weight is 435 g/mol. The van der Waals surface area contributed by atoms with Crippen LogP contribution in [0.15, 0.2) is 28.7 Å². The van der Waals surface area contributed by atoms with Crippen LogP contribution in [0.5, 0.6) is 0 Å². The van der Waals surface area contributed by atoms with E-state index < -0.39 is 0 Å². The maximum Gasteiger partial charge on any atom is 0.267 e. The van der Waals surface area contributed by atoms with Gasteiger partial charge < -0.3 is 14.7 Å². The van der Waals surface area contributed by atoms with Gasteiger partial charge in [-0.1, -0.05) is 13.0 Å². The van der Waals surface area contributed by atoms with Gasteiger partial charge in [-0.2, -0.15) is 5.26 Å². The molecular weight excluding hydrogens is 404 g/mol. The highest BCUT2D eigenvalue weighted by molar-refractivity contribution is 6.02. The Labute approximate surface area is 188 Å². The minimum absolute atomic E-state index is 0.00755. The second kappa shape index (κ2) is 9.53. The molecule has 0 saturated carbocycles. The predicted molar refractivity (Wildman–Crippen MR) is 125 cm³/mol. The van der Waals surface area contributed by atoms with Gasteiger partial charge in [0.25, 0.3) is 11.5 Å². The molecule has 8 heteroatoms. The highest BCUT2D eigenvalue weighted by Gasteiger charge is 2.25. The maximum atomic E-state index is 13.5. The van der Waals surface area contributed by atoms with Gasteiger partial charge in [-0.15, -0.1) is 0 Å². The molecule has 2 fully saturated rings. The van der Waals surface area contributed by atoms with Crippen molar-refractivity contribution < 1.29 is 4.79 Å². The number of rotatable bonds is 4. The first kappa shape index (κ1) is 22.0. The number of nitrogens with zero attached hydrogens (tertiary/aromatic N) is 6. The molecule has 2 aromatic rings. The van der Waals surface area contributed by atoms with Gasteiger partial charge in [-0.25, -0.2) is 4.98 Å². The van der Waals surface area contributed by atoms with Crippen molar-refractivity contribution in [2.24, 2.45) is 0 Å². The largest absolute Gasteiger partial charge is 0.353 e. The van der Waals surface area contributed by atoms with Gasteiger partial charge in [0.15, 0.2) is 0 Å². The molecule has 2 aliphatic heterocycles. The molecule has 4 rings (SSSR count). The average Bonchev–Trinajstić information content (AvgIpc) is 2.84. The second-order valence-electron chi connectivity index (χ2n) is 8.48. The van der Waals surface area contributed by atoms with Gasteiger partial charge >= 0.3 is 0 Å². The van der Waals surface area contributed by atoms with Crippen molar-refractivity contribution in [3.8, 4) is 6.07 Å². The van der Waals surface area contributed by atoms with Crippen LogP contribution in [0.3, 0.4) is 0 Å². The Morgan fingerprint density at radius 3 is 2.53 bits per heavy atom.